The quantitative estimate of drug-likeness (QED) is 0.741. The maximum absolute atomic E-state index is 11.9. The molecule has 6 nitrogen and oxygen atoms in total. The molecule has 2 rings (SSSR count). The minimum Gasteiger partial charge on any atom is -0.376 e. The lowest BCUT2D eigenvalue weighted by molar-refractivity contribution is -0.122. The fraction of sp³-hybridized carbons (Fsp3) is 0.167. The number of nitrogens with one attached hydrogen (secondary N) is 3. The van der Waals surface area contributed by atoms with Gasteiger partial charge in [0, 0.05) is 16.4 Å². The van der Waals surface area contributed by atoms with Crippen LogP contribution in [0.15, 0.2) is 42.5 Å². The average Bonchev–Trinajstić information content (AvgIpc) is 2.62. The maximum Gasteiger partial charge on any atom is 0.243 e. The lowest BCUT2D eigenvalue weighted by Crippen LogP contribution is -2.36. The van der Waals surface area contributed by atoms with Gasteiger partial charge in [0.15, 0.2) is 0 Å². The molecule has 0 saturated carbocycles. The predicted molar refractivity (Wildman–Crippen MR) is 97.5 cm³/mol. The second-order valence-electron chi connectivity index (χ2n) is 5.28. The Labute approximate surface area is 150 Å². The molecule has 0 atom stereocenters. The molecule has 0 saturated heterocycles. The fourth-order valence-corrected chi connectivity index (χ4v) is 2.20. The van der Waals surface area contributed by atoms with Gasteiger partial charge in [0.05, 0.1) is 24.7 Å². The van der Waals surface area contributed by atoms with Gasteiger partial charge in [-0.25, -0.2) is 0 Å². The van der Waals surface area contributed by atoms with Gasteiger partial charge in [-0.15, -0.1) is 0 Å². The van der Waals surface area contributed by atoms with Gasteiger partial charge in [0.1, 0.15) is 0 Å². The molecule has 3 N–H and O–H groups in total. The van der Waals surface area contributed by atoms with Crippen molar-refractivity contribution in [3.8, 4) is 6.07 Å². The van der Waals surface area contributed by atoms with Gasteiger partial charge in [-0.2, -0.15) is 5.26 Å². The molecule has 0 aliphatic carbocycles. The Bertz CT molecular complexity index is 813. The molecule has 0 bridgehead atoms. The molecule has 0 fully saturated rings. The number of halogens is 1. The standard InChI is InChI=1S/C18H17ClN4O2/c1-12-15(19)3-2-4-16(12)23-18(25)11-22-17(24)10-21-14-7-5-13(9-20)6-8-14/h2-8,21H,10-11H2,1H3,(H,22,24)(H,23,25). The zero-order valence-corrected chi connectivity index (χ0v) is 14.4. The third-order valence-electron chi connectivity index (χ3n) is 3.45. The summed E-state index contributed by atoms with van der Waals surface area (Å²) in [6, 6.07) is 14.0. The van der Waals surface area contributed by atoms with Crippen molar-refractivity contribution in [1.29, 1.82) is 5.26 Å². The molecule has 0 aromatic heterocycles. The Morgan fingerprint density at radius 2 is 1.80 bits per heavy atom. The third kappa shape index (κ3) is 5.52. The zero-order chi connectivity index (χ0) is 18.2. The average molecular weight is 357 g/mol. The molecule has 0 spiro atoms. The molecule has 25 heavy (non-hydrogen) atoms. The summed E-state index contributed by atoms with van der Waals surface area (Å²) in [5, 5.41) is 17.4. The Hall–Kier alpha value is -3.04. The Kier molecular flexibility index (Phi) is 6.38. The van der Waals surface area contributed by atoms with Gasteiger partial charge in [-0.3, -0.25) is 9.59 Å². The van der Waals surface area contributed by atoms with E-state index < -0.39 is 0 Å². The number of nitrogens with zero attached hydrogens (tertiary/aromatic N) is 1. The van der Waals surface area contributed by atoms with E-state index in [9.17, 15) is 9.59 Å². The van der Waals surface area contributed by atoms with Gasteiger partial charge < -0.3 is 16.0 Å². The van der Waals surface area contributed by atoms with Crippen LogP contribution in [0.1, 0.15) is 11.1 Å². The van der Waals surface area contributed by atoms with Gasteiger partial charge in [0.25, 0.3) is 0 Å². The van der Waals surface area contributed by atoms with Crippen molar-refractivity contribution in [2.75, 3.05) is 23.7 Å². The van der Waals surface area contributed by atoms with Crippen molar-refractivity contribution in [3.05, 3.63) is 58.6 Å². The van der Waals surface area contributed by atoms with E-state index in [4.69, 9.17) is 16.9 Å². The van der Waals surface area contributed by atoms with Gasteiger partial charge in [-0.1, -0.05) is 17.7 Å². The smallest absolute Gasteiger partial charge is 0.243 e. The van der Waals surface area contributed by atoms with E-state index in [1.807, 2.05) is 6.07 Å². The first kappa shape index (κ1) is 18.3. The van der Waals surface area contributed by atoms with Crippen molar-refractivity contribution in [2.45, 2.75) is 6.92 Å². The SMILES string of the molecule is Cc1c(Cl)cccc1NC(=O)CNC(=O)CNc1ccc(C#N)cc1. The number of rotatable bonds is 6. The number of anilines is 2. The molecular weight excluding hydrogens is 340 g/mol. The molecule has 0 heterocycles. The highest BCUT2D eigenvalue weighted by atomic mass is 35.5. The van der Waals surface area contributed by atoms with Crippen LogP contribution in [-0.4, -0.2) is 24.9 Å². The topological polar surface area (TPSA) is 94.0 Å². The molecule has 0 unspecified atom stereocenters. The molecule has 0 radical (unpaired) electrons. The van der Waals surface area contributed by atoms with Crippen LogP contribution < -0.4 is 16.0 Å². The van der Waals surface area contributed by atoms with Crippen LogP contribution in [-0.2, 0) is 9.59 Å². The number of nitriles is 1. The molecule has 0 aliphatic heterocycles. The molecule has 128 valence electrons. The van der Waals surface area contributed by atoms with E-state index in [2.05, 4.69) is 16.0 Å². The summed E-state index contributed by atoms with van der Waals surface area (Å²) in [6.07, 6.45) is 0. The van der Waals surface area contributed by atoms with E-state index in [0.717, 1.165) is 5.56 Å². The van der Waals surface area contributed by atoms with Crippen molar-refractivity contribution >= 4 is 34.8 Å². The largest absolute Gasteiger partial charge is 0.376 e. The monoisotopic (exact) mass is 356 g/mol. The third-order valence-corrected chi connectivity index (χ3v) is 3.86. The summed E-state index contributed by atoms with van der Waals surface area (Å²) in [6.45, 7) is 1.69. The summed E-state index contributed by atoms with van der Waals surface area (Å²) < 4.78 is 0. The molecule has 0 aliphatic rings. The number of benzene rings is 2. The first-order chi connectivity index (χ1) is 12.0. The highest BCUT2D eigenvalue weighted by Gasteiger charge is 2.08. The fourth-order valence-electron chi connectivity index (χ4n) is 2.02. The molecule has 2 amide bonds. The van der Waals surface area contributed by atoms with Crippen molar-refractivity contribution in [3.63, 3.8) is 0 Å². The Morgan fingerprint density at radius 1 is 1.08 bits per heavy atom. The van der Waals surface area contributed by atoms with Gasteiger partial charge in [-0.05, 0) is 48.9 Å². The lowest BCUT2D eigenvalue weighted by Gasteiger charge is -2.11. The van der Waals surface area contributed by atoms with E-state index in [1.54, 1.807) is 49.4 Å². The van der Waals surface area contributed by atoms with Crippen LogP contribution >= 0.6 is 11.6 Å². The van der Waals surface area contributed by atoms with E-state index in [-0.39, 0.29) is 24.9 Å². The summed E-state index contributed by atoms with van der Waals surface area (Å²) >= 11 is 6.00. The van der Waals surface area contributed by atoms with Crippen LogP contribution in [0.5, 0.6) is 0 Å². The van der Waals surface area contributed by atoms with Crippen molar-refractivity contribution < 1.29 is 9.59 Å². The second-order valence-corrected chi connectivity index (χ2v) is 5.69. The number of amides is 2. The van der Waals surface area contributed by atoms with Crippen LogP contribution in [0.4, 0.5) is 11.4 Å². The molecule has 2 aromatic carbocycles. The first-order valence-electron chi connectivity index (χ1n) is 7.55. The van der Waals surface area contributed by atoms with Crippen molar-refractivity contribution in [1.82, 2.24) is 5.32 Å². The summed E-state index contributed by atoms with van der Waals surface area (Å²) in [4.78, 5) is 23.7. The van der Waals surface area contributed by atoms with E-state index in [0.29, 0.717) is 22.0 Å². The lowest BCUT2D eigenvalue weighted by atomic mass is 10.2. The number of carbonyl (C=O) groups is 2. The van der Waals surface area contributed by atoms with Crippen LogP contribution in [0, 0.1) is 18.3 Å². The number of hydrogen-bond donors (Lipinski definition) is 3. The maximum atomic E-state index is 11.9. The normalized spacial score (nSPS) is 9.80. The minimum absolute atomic E-state index is 0.0232. The van der Waals surface area contributed by atoms with Crippen LogP contribution in [0.3, 0.4) is 0 Å². The summed E-state index contributed by atoms with van der Waals surface area (Å²) in [5.41, 5.74) is 2.64. The Morgan fingerprint density at radius 3 is 2.48 bits per heavy atom. The van der Waals surface area contributed by atoms with Crippen LogP contribution in [0.25, 0.3) is 0 Å². The Balaban J connectivity index is 1.76. The van der Waals surface area contributed by atoms with Crippen molar-refractivity contribution in [2.24, 2.45) is 0 Å². The van der Waals surface area contributed by atoms with E-state index >= 15 is 0 Å². The van der Waals surface area contributed by atoms with E-state index in [1.165, 1.54) is 0 Å². The van der Waals surface area contributed by atoms with Gasteiger partial charge >= 0.3 is 0 Å². The number of hydrogen-bond acceptors (Lipinski definition) is 4. The zero-order valence-electron chi connectivity index (χ0n) is 13.6. The minimum atomic E-state index is -0.336. The molecular formula is C18H17ClN4O2. The summed E-state index contributed by atoms with van der Waals surface area (Å²) in [5.74, 6) is -0.653. The highest BCUT2D eigenvalue weighted by Crippen LogP contribution is 2.22. The first-order valence-corrected chi connectivity index (χ1v) is 7.93. The molecule has 2 aromatic rings. The molecule has 7 heteroatoms. The summed E-state index contributed by atoms with van der Waals surface area (Å²) in [7, 11) is 0. The van der Waals surface area contributed by atoms with Crippen LogP contribution in [0.2, 0.25) is 5.02 Å². The predicted octanol–water partition coefficient (Wildman–Crippen LogP) is 2.69. The highest BCUT2D eigenvalue weighted by molar-refractivity contribution is 6.31. The van der Waals surface area contributed by atoms with Gasteiger partial charge in [0.2, 0.25) is 11.8 Å². The number of carbonyl (C=O) groups excluding carboxylic acids is 2. The second kappa shape index (κ2) is 8.71.